The molecule has 0 unspecified atom stereocenters. The summed E-state index contributed by atoms with van der Waals surface area (Å²) in [6.07, 6.45) is -0.608. The van der Waals surface area contributed by atoms with Gasteiger partial charge < -0.3 is 9.84 Å². The fourth-order valence-electron chi connectivity index (χ4n) is 2.55. The first-order chi connectivity index (χ1) is 13.0. The molecule has 0 saturated carbocycles. The van der Waals surface area contributed by atoms with Gasteiger partial charge in [0.15, 0.2) is 0 Å². The van der Waals surface area contributed by atoms with E-state index >= 15 is 0 Å². The van der Waals surface area contributed by atoms with Crippen LogP contribution in [-0.4, -0.2) is 17.2 Å². The van der Waals surface area contributed by atoms with Crippen molar-refractivity contribution in [2.75, 3.05) is 5.32 Å². The van der Waals surface area contributed by atoms with E-state index in [0.29, 0.717) is 11.3 Å². The molecule has 6 heteroatoms. The fourth-order valence-corrected chi connectivity index (χ4v) is 2.55. The third-order valence-corrected chi connectivity index (χ3v) is 3.87. The summed E-state index contributed by atoms with van der Waals surface area (Å²) in [6, 6.07) is 19.2. The van der Waals surface area contributed by atoms with Gasteiger partial charge in [-0.15, -0.1) is 0 Å². The molecule has 0 spiro atoms. The Kier molecular flexibility index (Phi) is 5.47. The predicted molar refractivity (Wildman–Crippen MR) is 99.0 cm³/mol. The Morgan fingerprint density at radius 2 is 1.67 bits per heavy atom. The molecule has 0 aliphatic heterocycles. The van der Waals surface area contributed by atoms with Gasteiger partial charge in [-0.05, 0) is 47.0 Å². The number of ether oxygens (including phenoxy) is 1. The van der Waals surface area contributed by atoms with E-state index in [0.717, 1.165) is 11.6 Å². The Morgan fingerprint density at radius 3 is 2.33 bits per heavy atom. The van der Waals surface area contributed by atoms with E-state index in [1.807, 2.05) is 30.3 Å². The molecular weight excluding hydrogens is 349 g/mol. The van der Waals surface area contributed by atoms with E-state index in [2.05, 4.69) is 5.32 Å². The lowest BCUT2D eigenvalue weighted by Crippen LogP contribution is -2.13. The normalized spacial score (nSPS) is 10.3. The van der Waals surface area contributed by atoms with Gasteiger partial charge in [0.25, 0.3) is 0 Å². The number of halogens is 1. The van der Waals surface area contributed by atoms with Gasteiger partial charge in [0.05, 0.1) is 5.56 Å². The smallest absolute Gasteiger partial charge is 0.411 e. The van der Waals surface area contributed by atoms with Gasteiger partial charge in [0, 0.05) is 5.69 Å². The van der Waals surface area contributed by atoms with Gasteiger partial charge in [-0.25, -0.2) is 14.0 Å². The van der Waals surface area contributed by atoms with Gasteiger partial charge in [0.1, 0.15) is 12.4 Å². The fraction of sp³-hybridized carbons (Fsp3) is 0.0476. The first kappa shape index (κ1) is 18.1. The number of anilines is 1. The summed E-state index contributed by atoms with van der Waals surface area (Å²) >= 11 is 0. The Hall–Kier alpha value is -3.67. The van der Waals surface area contributed by atoms with E-state index in [9.17, 15) is 19.1 Å². The molecule has 3 aromatic rings. The number of carbonyl (C=O) groups is 2. The van der Waals surface area contributed by atoms with Gasteiger partial charge in [-0.1, -0.05) is 42.5 Å². The second-order valence-corrected chi connectivity index (χ2v) is 5.76. The molecule has 5 nitrogen and oxygen atoms in total. The summed E-state index contributed by atoms with van der Waals surface area (Å²) in [5, 5.41) is 11.8. The van der Waals surface area contributed by atoms with Crippen molar-refractivity contribution >= 4 is 17.7 Å². The number of aromatic carboxylic acids is 1. The molecule has 3 aromatic carbocycles. The SMILES string of the molecule is O=C(Nc1ccc(-c2cc(F)ccc2C(=O)O)cc1)OCc1ccccc1. The van der Waals surface area contributed by atoms with Crippen LogP contribution in [0.2, 0.25) is 0 Å². The third-order valence-electron chi connectivity index (χ3n) is 3.87. The highest BCUT2D eigenvalue weighted by Crippen LogP contribution is 2.26. The Bertz CT molecular complexity index is 956. The van der Waals surface area contributed by atoms with Crippen molar-refractivity contribution in [3.63, 3.8) is 0 Å². The van der Waals surface area contributed by atoms with Gasteiger partial charge in [-0.2, -0.15) is 0 Å². The highest BCUT2D eigenvalue weighted by molar-refractivity contribution is 5.96. The van der Waals surface area contributed by atoms with Crippen LogP contribution in [0.25, 0.3) is 11.1 Å². The third kappa shape index (κ3) is 4.70. The summed E-state index contributed by atoms with van der Waals surface area (Å²) in [6.45, 7) is 0.149. The van der Waals surface area contributed by atoms with Crippen LogP contribution in [0.5, 0.6) is 0 Å². The minimum Gasteiger partial charge on any atom is -0.478 e. The van der Waals surface area contributed by atoms with Crippen molar-refractivity contribution in [1.29, 1.82) is 0 Å². The number of carboxylic acid groups (broad SMARTS) is 1. The summed E-state index contributed by atoms with van der Waals surface area (Å²) in [5.41, 5.74) is 2.13. The lowest BCUT2D eigenvalue weighted by atomic mass is 9.99. The van der Waals surface area contributed by atoms with Crippen molar-refractivity contribution in [2.45, 2.75) is 6.61 Å². The van der Waals surface area contributed by atoms with E-state index in [4.69, 9.17) is 4.74 Å². The molecule has 0 aromatic heterocycles. The molecule has 0 heterocycles. The number of carboxylic acids is 1. The number of carbonyl (C=O) groups excluding carboxylic acids is 1. The monoisotopic (exact) mass is 365 g/mol. The number of hydrogen-bond donors (Lipinski definition) is 2. The number of nitrogens with one attached hydrogen (secondary N) is 1. The summed E-state index contributed by atoms with van der Waals surface area (Å²) in [5.74, 6) is -1.67. The number of amides is 1. The molecule has 0 bridgehead atoms. The van der Waals surface area contributed by atoms with Gasteiger partial charge in [-0.3, -0.25) is 5.32 Å². The zero-order chi connectivity index (χ0) is 19.2. The van der Waals surface area contributed by atoms with Crippen molar-refractivity contribution in [3.05, 3.63) is 89.7 Å². The molecule has 2 N–H and O–H groups in total. The van der Waals surface area contributed by atoms with Crippen LogP contribution in [0.3, 0.4) is 0 Å². The minimum atomic E-state index is -1.14. The van der Waals surface area contributed by atoms with Crippen LogP contribution in [0.4, 0.5) is 14.9 Å². The van der Waals surface area contributed by atoms with Crippen LogP contribution in [-0.2, 0) is 11.3 Å². The van der Waals surface area contributed by atoms with Crippen molar-refractivity contribution in [3.8, 4) is 11.1 Å². The topological polar surface area (TPSA) is 75.6 Å². The quantitative estimate of drug-likeness (QED) is 0.671. The van der Waals surface area contributed by atoms with Crippen LogP contribution in [0.15, 0.2) is 72.8 Å². The zero-order valence-corrected chi connectivity index (χ0v) is 14.2. The lowest BCUT2D eigenvalue weighted by Gasteiger charge is -2.09. The van der Waals surface area contributed by atoms with Crippen LogP contribution in [0.1, 0.15) is 15.9 Å². The summed E-state index contributed by atoms with van der Waals surface area (Å²) < 4.78 is 18.6. The second-order valence-electron chi connectivity index (χ2n) is 5.76. The van der Waals surface area contributed by atoms with Crippen LogP contribution in [0, 0.1) is 5.82 Å². The number of hydrogen-bond acceptors (Lipinski definition) is 3. The van der Waals surface area contributed by atoms with Crippen LogP contribution < -0.4 is 5.32 Å². The van der Waals surface area contributed by atoms with Crippen molar-refractivity contribution in [1.82, 2.24) is 0 Å². The molecule has 0 fully saturated rings. The maximum absolute atomic E-state index is 13.5. The Labute approximate surface area is 155 Å². The van der Waals surface area contributed by atoms with E-state index < -0.39 is 17.9 Å². The Morgan fingerprint density at radius 1 is 0.963 bits per heavy atom. The maximum Gasteiger partial charge on any atom is 0.411 e. The van der Waals surface area contributed by atoms with Gasteiger partial charge in [0.2, 0.25) is 0 Å². The number of benzene rings is 3. The van der Waals surface area contributed by atoms with E-state index in [1.165, 1.54) is 12.1 Å². The molecule has 136 valence electrons. The van der Waals surface area contributed by atoms with Crippen molar-refractivity contribution < 1.29 is 23.8 Å². The molecule has 0 radical (unpaired) electrons. The first-order valence-corrected chi connectivity index (χ1v) is 8.14. The van der Waals surface area contributed by atoms with Gasteiger partial charge >= 0.3 is 12.1 Å². The molecule has 27 heavy (non-hydrogen) atoms. The van der Waals surface area contributed by atoms with E-state index in [-0.39, 0.29) is 17.7 Å². The zero-order valence-electron chi connectivity index (χ0n) is 14.2. The molecule has 0 aliphatic rings. The lowest BCUT2D eigenvalue weighted by molar-refractivity contribution is 0.0697. The van der Waals surface area contributed by atoms with E-state index in [1.54, 1.807) is 24.3 Å². The first-order valence-electron chi connectivity index (χ1n) is 8.14. The highest BCUT2D eigenvalue weighted by atomic mass is 19.1. The maximum atomic E-state index is 13.5. The standard InChI is InChI=1S/C21H16FNO4/c22-16-8-11-18(20(24)25)19(12-16)15-6-9-17(10-7-15)23-21(26)27-13-14-4-2-1-3-5-14/h1-12H,13H2,(H,23,26)(H,24,25). The average molecular weight is 365 g/mol. The molecule has 3 rings (SSSR count). The van der Waals surface area contributed by atoms with Crippen LogP contribution >= 0.6 is 0 Å². The molecule has 1 amide bonds. The molecule has 0 saturated heterocycles. The average Bonchev–Trinajstić information content (AvgIpc) is 2.67. The largest absolute Gasteiger partial charge is 0.478 e. The molecular formula is C21H16FNO4. The predicted octanol–water partition coefficient (Wildman–Crippen LogP) is 4.94. The summed E-state index contributed by atoms with van der Waals surface area (Å²) in [7, 11) is 0. The highest BCUT2D eigenvalue weighted by Gasteiger charge is 2.13. The summed E-state index contributed by atoms with van der Waals surface area (Å²) in [4.78, 5) is 23.2. The Balaban J connectivity index is 1.68. The van der Waals surface area contributed by atoms with Crippen molar-refractivity contribution in [2.24, 2.45) is 0 Å². The minimum absolute atomic E-state index is 0.000574. The molecule has 0 aliphatic carbocycles. The second kappa shape index (κ2) is 8.14. The molecule has 0 atom stereocenters. The number of rotatable bonds is 5.